The van der Waals surface area contributed by atoms with E-state index in [0.29, 0.717) is 17.8 Å². The lowest BCUT2D eigenvalue weighted by Crippen LogP contribution is -1.96. The Hall–Kier alpha value is -1.56. The number of rotatable bonds is 4. The molecule has 0 fully saturated rings. The Labute approximate surface area is 130 Å². The molecule has 0 aromatic heterocycles. The van der Waals surface area contributed by atoms with Gasteiger partial charge in [-0.25, -0.2) is 0 Å². The Morgan fingerprint density at radius 3 is 1.57 bits per heavy atom. The van der Waals surface area contributed by atoms with E-state index in [1.807, 2.05) is 0 Å². The molecule has 0 aliphatic heterocycles. The standard InChI is InChI=1S/C21H28/c1-14(2)17-7-9-18(10-8-17)21-13-19(15(3)4)11-12-20(21)16(5)6/h7-16H,1-6H3. The highest BCUT2D eigenvalue weighted by atomic mass is 14.2. The maximum absolute atomic E-state index is 2.38. The van der Waals surface area contributed by atoms with E-state index in [9.17, 15) is 0 Å². The van der Waals surface area contributed by atoms with Crippen molar-refractivity contribution in [2.24, 2.45) is 0 Å². The molecule has 0 saturated carbocycles. The van der Waals surface area contributed by atoms with Crippen LogP contribution in [0.2, 0.25) is 0 Å². The van der Waals surface area contributed by atoms with Gasteiger partial charge < -0.3 is 0 Å². The molecule has 0 aliphatic carbocycles. The highest BCUT2D eigenvalue weighted by Crippen LogP contribution is 2.32. The van der Waals surface area contributed by atoms with E-state index in [0.717, 1.165) is 0 Å². The Bertz CT molecular complexity index is 586. The molecule has 2 rings (SSSR count). The third-order valence-electron chi connectivity index (χ3n) is 4.25. The predicted molar refractivity (Wildman–Crippen MR) is 94.1 cm³/mol. The van der Waals surface area contributed by atoms with Gasteiger partial charge in [0.1, 0.15) is 0 Å². The molecule has 0 heterocycles. The van der Waals surface area contributed by atoms with Crippen LogP contribution in [0, 0.1) is 0 Å². The van der Waals surface area contributed by atoms with E-state index >= 15 is 0 Å². The lowest BCUT2D eigenvalue weighted by Gasteiger charge is -2.17. The van der Waals surface area contributed by atoms with E-state index in [1.165, 1.54) is 27.8 Å². The fourth-order valence-electron chi connectivity index (χ4n) is 2.73. The van der Waals surface area contributed by atoms with Gasteiger partial charge >= 0.3 is 0 Å². The van der Waals surface area contributed by atoms with Crippen molar-refractivity contribution in [3.63, 3.8) is 0 Å². The van der Waals surface area contributed by atoms with Crippen LogP contribution >= 0.6 is 0 Å². The summed E-state index contributed by atoms with van der Waals surface area (Å²) in [6.45, 7) is 13.6. The monoisotopic (exact) mass is 280 g/mol. The Kier molecular flexibility index (Phi) is 4.88. The second-order valence-corrected chi connectivity index (χ2v) is 6.93. The van der Waals surface area contributed by atoms with Crippen LogP contribution in [-0.4, -0.2) is 0 Å². The first-order valence-electron chi connectivity index (χ1n) is 8.14. The van der Waals surface area contributed by atoms with Gasteiger partial charge in [-0.05, 0) is 45.6 Å². The second-order valence-electron chi connectivity index (χ2n) is 6.93. The molecular formula is C21H28. The highest BCUT2D eigenvalue weighted by Gasteiger charge is 2.11. The first-order chi connectivity index (χ1) is 9.90. The van der Waals surface area contributed by atoms with Crippen molar-refractivity contribution in [2.75, 3.05) is 0 Å². The summed E-state index contributed by atoms with van der Waals surface area (Å²) < 4.78 is 0. The molecule has 0 radical (unpaired) electrons. The molecule has 0 atom stereocenters. The van der Waals surface area contributed by atoms with Gasteiger partial charge in [0.05, 0.1) is 0 Å². The molecule has 112 valence electrons. The zero-order valence-corrected chi connectivity index (χ0v) is 14.3. The summed E-state index contributed by atoms with van der Waals surface area (Å²) in [7, 11) is 0. The van der Waals surface area contributed by atoms with Crippen LogP contribution < -0.4 is 0 Å². The summed E-state index contributed by atoms with van der Waals surface area (Å²) >= 11 is 0. The van der Waals surface area contributed by atoms with Crippen molar-refractivity contribution in [1.29, 1.82) is 0 Å². The zero-order valence-electron chi connectivity index (χ0n) is 14.3. The molecule has 0 nitrogen and oxygen atoms in total. The fraction of sp³-hybridized carbons (Fsp3) is 0.429. The van der Waals surface area contributed by atoms with Gasteiger partial charge in [0, 0.05) is 0 Å². The van der Waals surface area contributed by atoms with E-state index in [1.54, 1.807) is 0 Å². The highest BCUT2D eigenvalue weighted by molar-refractivity contribution is 5.69. The summed E-state index contributed by atoms with van der Waals surface area (Å²) in [5.74, 6) is 1.71. The number of hydrogen-bond donors (Lipinski definition) is 0. The van der Waals surface area contributed by atoms with E-state index in [-0.39, 0.29) is 0 Å². The normalized spacial score (nSPS) is 11.7. The van der Waals surface area contributed by atoms with Gasteiger partial charge in [0.2, 0.25) is 0 Å². The van der Waals surface area contributed by atoms with Crippen molar-refractivity contribution in [3.05, 3.63) is 59.2 Å². The van der Waals surface area contributed by atoms with Crippen LogP contribution in [0.4, 0.5) is 0 Å². The van der Waals surface area contributed by atoms with Crippen molar-refractivity contribution >= 4 is 0 Å². The minimum Gasteiger partial charge on any atom is -0.0587 e. The lowest BCUT2D eigenvalue weighted by molar-refractivity contribution is 0.846. The number of hydrogen-bond acceptors (Lipinski definition) is 0. The van der Waals surface area contributed by atoms with Crippen molar-refractivity contribution in [2.45, 2.75) is 59.3 Å². The lowest BCUT2D eigenvalue weighted by atomic mass is 9.88. The first kappa shape index (κ1) is 15.8. The van der Waals surface area contributed by atoms with Gasteiger partial charge in [-0.1, -0.05) is 84.0 Å². The molecule has 0 N–H and O–H groups in total. The third kappa shape index (κ3) is 3.56. The molecule has 0 heteroatoms. The molecule has 2 aromatic carbocycles. The molecule has 0 amide bonds. The van der Waals surface area contributed by atoms with E-state index in [2.05, 4.69) is 84.0 Å². The van der Waals surface area contributed by atoms with Crippen LogP contribution in [0.25, 0.3) is 11.1 Å². The second kappa shape index (κ2) is 6.47. The van der Waals surface area contributed by atoms with E-state index < -0.39 is 0 Å². The Morgan fingerprint density at radius 1 is 0.571 bits per heavy atom. The van der Waals surface area contributed by atoms with E-state index in [4.69, 9.17) is 0 Å². The Morgan fingerprint density at radius 2 is 1.10 bits per heavy atom. The van der Waals surface area contributed by atoms with Gasteiger partial charge in [0.15, 0.2) is 0 Å². The van der Waals surface area contributed by atoms with Gasteiger partial charge in [-0.15, -0.1) is 0 Å². The average molecular weight is 280 g/mol. The van der Waals surface area contributed by atoms with Crippen LogP contribution in [0.5, 0.6) is 0 Å². The predicted octanol–water partition coefficient (Wildman–Crippen LogP) is 6.72. The topological polar surface area (TPSA) is 0 Å². The summed E-state index contributed by atoms with van der Waals surface area (Å²) in [6, 6.07) is 16.1. The van der Waals surface area contributed by atoms with Crippen LogP contribution in [0.15, 0.2) is 42.5 Å². The third-order valence-corrected chi connectivity index (χ3v) is 4.25. The van der Waals surface area contributed by atoms with Crippen molar-refractivity contribution in [3.8, 4) is 11.1 Å². The van der Waals surface area contributed by atoms with Crippen LogP contribution in [-0.2, 0) is 0 Å². The Balaban J connectivity index is 2.51. The van der Waals surface area contributed by atoms with Crippen LogP contribution in [0.1, 0.15) is 76.0 Å². The van der Waals surface area contributed by atoms with Gasteiger partial charge in [-0.3, -0.25) is 0 Å². The molecule has 0 unspecified atom stereocenters. The molecule has 0 aliphatic rings. The smallest absolute Gasteiger partial charge is 0.0146 e. The SMILES string of the molecule is CC(C)c1ccc(-c2cc(C(C)C)ccc2C(C)C)cc1. The molecule has 2 aromatic rings. The maximum atomic E-state index is 2.38. The van der Waals surface area contributed by atoms with Crippen molar-refractivity contribution < 1.29 is 0 Å². The average Bonchev–Trinajstić information content (AvgIpc) is 2.46. The summed E-state index contributed by atoms with van der Waals surface area (Å²) in [5.41, 5.74) is 7.00. The molecular weight excluding hydrogens is 252 g/mol. The fourth-order valence-corrected chi connectivity index (χ4v) is 2.73. The minimum absolute atomic E-state index is 0.547. The zero-order chi connectivity index (χ0) is 15.6. The molecule has 0 bridgehead atoms. The minimum atomic E-state index is 0.547. The first-order valence-corrected chi connectivity index (χ1v) is 8.14. The van der Waals surface area contributed by atoms with Crippen molar-refractivity contribution in [1.82, 2.24) is 0 Å². The van der Waals surface area contributed by atoms with Gasteiger partial charge in [-0.2, -0.15) is 0 Å². The summed E-state index contributed by atoms with van der Waals surface area (Å²) in [4.78, 5) is 0. The largest absolute Gasteiger partial charge is 0.0587 e. The maximum Gasteiger partial charge on any atom is -0.0146 e. The quantitative estimate of drug-likeness (QED) is 0.583. The molecule has 0 spiro atoms. The number of benzene rings is 2. The summed E-state index contributed by atoms with van der Waals surface area (Å²) in [5, 5.41) is 0. The summed E-state index contributed by atoms with van der Waals surface area (Å²) in [6.07, 6.45) is 0. The molecule has 21 heavy (non-hydrogen) atoms. The van der Waals surface area contributed by atoms with Gasteiger partial charge in [0.25, 0.3) is 0 Å². The van der Waals surface area contributed by atoms with Crippen LogP contribution in [0.3, 0.4) is 0 Å². The molecule has 0 saturated heterocycles.